The maximum atomic E-state index is 12.3. The molecule has 6 heteroatoms. The maximum absolute atomic E-state index is 12.3. The molecule has 1 fully saturated rings. The highest BCUT2D eigenvalue weighted by atomic mass is 16.5. The number of ether oxygens (including phenoxy) is 1. The molecule has 1 unspecified atom stereocenters. The molecule has 6 nitrogen and oxygen atoms in total. The number of hydrogen-bond donors (Lipinski definition) is 3. The molecule has 0 saturated heterocycles. The van der Waals surface area contributed by atoms with E-state index in [4.69, 9.17) is 9.84 Å². The molecule has 3 N–H and O–H groups in total. The zero-order valence-electron chi connectivity index (χ0n) is 19.7. The lowest BCUT2D eigenvalue weighted by atomic mass is 9.47. The molecule has 0 aromatic carbocycles. The molecule has 5 atom stereocenters. The summed E-state index contributed by atoms with van der Waals surface area (Å²) in [5, 5.41) is 30.6. The van der Waals surface area contributed by atoms with E-state index in [2.05, 4.69) is 6.92 Å². The molecule has 31 heavy (non-hydrogen) atoms. The van der Waals surface area contributed by atoms with Gasteiger partial charge in [-0.05, 0) is 57.8 Å². The monoisotopic (exact) mass is 436 g/mol. The van der Waals surface area contributed by atoms with Gasteiger partial charge < -0.3 is 20.1 Å². The van der Waals surface area contributed by atoms with Crippen LogP contribution in [0.1, 0.15) is 86.0 Å². The molecule has 0 aromatic heterocycles. The highest BCUT2D eigenvalue weighted by Crippen LogP contribution is 2.61. The molecule has 176 valence electrons. The van der Waals surface area contributed by atoms with Gasteiger partial charge in [-0.15, -0.1) is 0 Å². The molecule has 2 aliphatic carbocycles. The van der Waals surface area contributed by atoms with Crippen LogP contribution in [0.2, 0.25) is 0 Å². The van der Waals surface area contributed by atoms with E-state index in [0.717, 1.165) is 36.8 Å². The molecule has 0 aromatic rings. The minimum atomic E-state index is -0.940. The number of allylic oxidation sites excluding steroid dienone is 2. The fourth-order valence-electron chi connectivity index (χ4n) is 6.13. The summed E-state index contributed by atoms with van der Waals surface area (Å²) in [5.41, 5.74) is 2.12. The van der Waals surface area contributed by atoms with Crippen molar-refractivity contribution in [2.24, 2.45) is 16.7 Å². The Kier molecular flexibility index (Phi) is 8.51. The second-order valence-electron chi connectivity index (χ2n) is 10.0. The second-order valence-corrected chi connectivity index (χ2v) is 10.0. The van der Waals surface area contributed by atoms with Gasteiger partial charge in [0, 0.05) is 23.8 Å². The predicted octanol–water partition coefficient (Wildman–Crippen LogP) is 4.40. The Morgan fingerprint density at radius 2 is 1.94 bits per heavy atom. The van der Waals surface area contributed by atoms with Crippen molar-refractivity contribution in [3.63, 3.8) is 0 Å². The van der Waals surface area contributed by atoms with Crippen LogP contribution in [0.15, 0.2) is 22.8 Å². The van der Waals surface area contributed by atoms with Crippen molar-refractivity contribution < 1.29 is 29.6 Å². The van der Waals surface area contributed by atoms with Crippen LogP contribution in [0.4, 0.5) is 0 Å². The number of carbonyl (C=O) groups is 2. The van der Waals surface area contributed by atoms with E-state index >= 15 is 0 Å². The first-order chi connectivity index (χ1) is 14.5. The van der Waals surface area contributed by atoms with Crippen LogP contribution in [-0.4, -0.2) is 46.1 Å². The molecular weight excluding hydrogens is 396 g/mol. The molecule has 0 spiro atoms. The lowest BCUT2D eigenvalue weighted by molar-refractivity contribution is -0.190. The summed E-state index contributed by atoms with van der Waals surface area (Å²) in [6, 6.07) is 0. The van der Waals surface area contributed by atoms with Gasteiger partial charge in [0.1, 0.15) is 6.10 Å². The van der Waals surface area contributed by atoms with Gasteiger partial charge in [-0.2, -0.15) is 0 Å². The standard InChI is InChI=1S/C25H40O6/c1-6-7-8-22(30)31-20-11-12-24(4)18(10-9-16(2)13-21(28)29)17(3)14-19(27)23(24)25(20,5)15-26/h13,19-20,23,26-27H,6-12,14-15H2,1-5H3,(H,28,29)/b16-13+/t19-,20-,23?,24-,25+/m1/s1. The van der Waals surface area contributed by atoms with Crippen molar-refractivity contribution in [2.75, 3.05) is 6.61 Å². The third kappa shape index (κ3) is 5.40. The van der Waals surface area contributed by atoms with Crippen LogP contribution in [-0.2, 0) is 14.3 Å². The van der Waals surface area contributed by atoms with Crippen molar-refractivity contribution in [3.05, 3.63) is 22.8 Å². The fraction of sp³-hybridized carbons (Fsp3) is 0.760. The molecular formula is C25H40O6. The minimum Gasteiger partial charge on any atom is -0.478 e. The van der Waals surface area contributed by atoms with Crippen LogP contribution in [0.3, 0.4) is 0 Å². The molecule has 1 saturated carbocycles. The number of carbonyl (C=O) groups excluding carboxylic acids is 1. The van der Waals surface area contributed by atoms with Gasteiger partial charge in [0.15, 0.2) is 0 Å². The number of rotatable bonds is 9. The van der Waals surface area contributed by atoms with E-state index in [1.807, 2.05) is 27.7 Å². The summed E-state index contributed by atoms with van der Waals surface area (Å²) in [4.78, 5) is 23.3. The largest absolute Gasteiger partial charge is 0.478 e. The lowest BCUT2D eigenvalue weighted by Gasteiger charge is -2.59. The number of aliphatic hydroxyl groups excluding tert-OH is 2. The Bertz CT molecular complexity index is 738. The number of carboxylic acid groups (broad SMARTS) is 1. The zero-order chi connectivity index (χ0) is 23.4. The average molecular weight is 437 g/mol. The highest BCUT2D eigenvalue weighted by Gasteiger charge is 2.60. The number of unbranched alkanes of at least 4 members (excludes halogenated alkanes) is 1. The molecule has 0 radical (unpaired) electrons. The smallest absolute Gasteiger partial charge is 0.328 e. The van der Waals surface area contributed by atoms with Crippen molar-refractivity contribution >= 4 is 11.9 Å². The lowest BCUT2D eigenvalue weighted by Crippen LogP contribution is -2.60. The molecule has 0 aliphatic heterocycles. The van der Waals surface area contributed by atoms with Gasteiger partial charge in [0.05, 0.1) is 12.7 Å². The highest BCUT2D eigenvalue weighted by molar-refractivity contribution is 5.80. The van der Waals surface area contributed by atoms with E-state index in [1.165, 1.54) is 11.6 Å². The SMILES string of the molecule is CCCCC(=O)O[C@@H]1CC[C@]2(C)C(CC/C(C)=C/C(=O)O)=C(C)C[C@@H](O)C2[C@@]1(C)CO. The second kappa shape index (κ2) is 10.3. The van der Waals surface area contributed by atoms with Crippen molar-refractivity contribution in [1.82, 2.24) is 0 Å². The Morgan fingerprint density at radius 3 is 2.52 bits per heavy atom. The van der Waals surface area contributed by atoms with Crippen molar-refractivity contribution in [2.45, 2.75) is 98.2 Å². The van der Waals surface area contributed by atoms with Gasteiger partial charge in [-0.3, -0.25) is 4.79 Å². The Morgan fingerprint density at radius 1 is 1.26 bits per heavy atom. The number of carboxylic acids is 1. The first-order valence-corrected chi connectivity index (χ1v) is 11.6. The van der Waals surface area contributed by atoms with Gasteiger partial charge in [-0.1, -0.05) is 43.9 Å². The van der Waals surface area contributed by atoms with Gasteiger partial charge in [-0.25, -0.2) is 4.79 Å². The first-order valence-electron chi connectivity index (χ1n) is 11.6. The topological polar surface area (TPSA) is 104 Å². The Hall–Kier alpha value is -1.66. The Balaban J connectivity index is 2.32. The van der Waals surface area contributed by atoms with E-state index in [-0.39, 0.29) is 23.9 Å². The number of aliphatic carboxylic acids is 1. The van der Waals surface area contributed by atoms with E-state index in [0.29, 0.717) is 25.7 Å². The quantitative estimate of drug-likeness (QED) is 0.281. The normalized spacial score (nSPS) is 33.8. The molecule has 0 amide bonds. The van der Waals surface area contributed by atoms with Gasteiger partial charge >= 0.3 is 11.9 Å². The number of fused-ring (bicyclic) bond motifs is 1. The van der Waals surface area contributed by atoms with Gasteiger partial charge in [0.2, 0.25) is 0 Å². The van der Waals surface area contributed by atoms with Crippen molar-refractivity contribution in [1.29, 1.82) is 0 Å². The summed E-state index contributed by atoms with van der Waals surface area (Å²) in [6.07, 6.45) is 5.54. The van der Waals surface area contributed by atoms with E-state index in [9.17, 15) is 19.8 Å². The average Bonchev–Trinajstić information content (AvgIpc) is 2.67. The third-order valence-electron chi connectivity index (χ3n) is 7.65. The molecule has 2 rings (SSSR count). The summed E-state index contributed by atoms with van der Waals surface area (Å²) >= 11 is 0. The summed E-state index contributed by atoms with van der Waals surface area (Å²) in [7, 11) is 0. The minimum absolute atomic E-state index is 0.166. The molecule has 0 bridgehead atoms. The number of aliphatic hydroxyl groups is 2. The fourth-order valence-corrected chi connectivity index (χ4v) is 6.13. The van der Waals surface area contributed by atoms with E-state index < -0.39 is 23.6 Å². The predicted molar refractivity (Wildman–Crippen MR) is 119 cm³/mol. The van der Waals surface area contributed by atoms with Crippen molar-refractivity contribution in [3.8, 4) is 0 Å². The zero-order valence-corrected chi connectivity index (χ0v) is 19.7. The van der Waals surface area contributed by atoms with Crippen LogP contribution in [0, 0.1) is 16.7 Å². The maximum Gasteiger partial charge on any atom is 0.328 e. The van der Waals surface area contributed by atoms with Crippen LogP contribution in [0.5, 0.6) is 0 Å². The summed E-state index contributed by atoms with van der Waals surface area (Å²) in [5.74, 6) is -1.42. The number of esters is 1. The number of hydrogen-bond acceptors (Lipinski definition) is 5. The van der Waals surface area contributed by atoms with Crippen LogP contribution < -0.4 is 0 Å². The Labute approximate surface area is 186 Å². The van der Waals surface area contributed by atoms with Gasteiger partial charge in [0.25, 0.3) is 0 Å². The third-order valence-corrected chi connectivity index (χ3v) is 7.65. The molecule has 0 heterocycles. The van der Waals surface area contributed by atoms with Crippen LogP contribution >= 0.6 is 0 Å². The first kappa shape index (κ1) is 25.6. The van der Waals surface area contributed by atoms with Crippen LogP contribution in [0.25, 0.3) is 0 Å². The molecule has 2 aliphatic rings. The summed E-state index contributed by atoms with van der Waals surface area (Å²) < 4.78 is 5.85. The summed E-state index contributed by atoms with van der Waals surface area (Å²) in [6.45, 7) is 9.82. The van der Waals surface area contributed by atoms with E-state index in [1.54, 1.807) is 0 Å².